The van der Waals surface area contributed by atoms with E-state index in [2.05, 4.69) is 19.1 Å². The predicted octanol–water partition coefficient (Wildman–Crippen LogP) is 3.57. The number of rotatable bonds is 10. The maximum Gasteiger partial charge on any atom is 0.220 e. The lowest BCUT2D eigenvalue weighted by Crippen LogP contribution is -2.25. The van der Waals surface area contributed by atoms with E-state index in [0.29, 0.717) is 12.2 Å². The van der Waals surface area contributed by atoms with Gasteiger partial charge in [0.2, 0.25) is 5.91 Å². The summed E-state index contributed by atoms with van der Waals surface area (Å²) < 4.78 is 5.09. The summed E-state index contributed by atoms with van der Waals surface area (Å²) in [7, 11) is 1.51. The largest absolute Gasteiger partial charge is 0.504 e. The maximum absolute atomic E-state index is 11.6. The number of unbranched alkanes of at least 4 members (excludes halogenated alkanes) is 2. The van der Waals surface area contributed by atoms with Crippen LogP contribution in [0.5, 0.6) is 11.5 Å². The smallest absolute Gasteiger partial charge is 0.220 e. The second kappa shape index (κ2) is 9.87. The standard InChI is InChI=1S/C18H27NO3/c1-3-4-5-6-7-8-9-15(18(19)21)12-14-10-11-16(20)17(13-14)22-2/h4-5,10-11,13,15,20H,3,6-9,12H2,1-2H3,(H2,19,21). The fraction of sp³-hybridized carbons (Fsp3) is 0.500. The van der Waals surface area contributed by atoms with E-state index in [4.69, 9.17) is 10.5 Å². The molecule has 0 aliphatic heterocycles. The van der Waals surface area contributed by atoms with E-state index in [-0.39, 0.29) is 17.6 Å². The molecule has 4 nitrogen and oxygen atoms in total. The summed E-state index contributed by atoms with van der Waals surface area (Å²) in [5.41, 5.74) is 6.46. The van der Waals surface area contributed by atoms with Crippen molar-refractivity contribution in [3.63, 3.8) is 0 Å². The minimum Gasteiger partial charge on any atom is -0.504 e. The van der Waals surface area contributed by atoms with Crippen LogP contribution in [0.1, 0.15) is 44.6 Å². The molecule has 1 amide bonds. The molecule has 0 bridgehead atoms. The molecule has 1 aromatic rings. The molecule has 0 saturated carbocycles. The molecule has 0 saturated heterocycles. The Morgan fingerprint density at radius 1 is 1.36 bits per heavy atom. The minimum atomic E-state index is -0.267. The molecular formula is C18H27NO3. The molecule has 0 fully saturated rings. The monoisotopic (exact) mass is 305 g/mol. The second-order valence-electron chi connectivity index (χ2n) is 5.47. The van der Waals surface area contributed by atoms with Gasteiger partial charge in [-0.3, -0.25) is 4.79 Å². The highest BCUT2D eigenvalue weighted by atomic mass is 16.5. The molecule has 4 heteroatoms. The van der Waals surface area contributed by atoms with Gasteiger partial charge in [0, 0.05) is 5.92 Å². The van der Waals surface area contributed by atoms with E-state index in [9.17, 15) is 9.90 Å². The van der Waals surface area contributed by atoms with Crippen LogP contribution in [0.3, 0.4) is 0 Å². The molecule has 22 heavy (non-hydrogen) atoms. The van der Waals surface area contributed by atoms with Gasteiger partial charge in [0.25, 0.3) is 0 Å². The van der Waals surface area contributed by atoms with Crippen LogP contribution in [0.2, 0.25) is 0 Å². The van der Waals surface area contributed by atoms with Gasteiger partial charge in [-0.05, 0) is 49.8 Å². The van der Waals surface area contributed by atoms with Crippen molar-refractivity contribution in [1.29, 1.82) is 0 Å². The van der Waals surface area contributed by atoms with E-state index < -0.39 is 0 Å². The Balaban J connectivity index is 2.53. The van der Waals surface area contributed by atoms with Crippen LogP contribution in [0, 0.1) is 5.92 Å². The highest BCUT2D eigenvalue weighted by Crippen LogP contribution is 2.28. The molecular weight excluding hydrogens is 278 g/mol. The first-order valence-corrected chi connectivity index (χ1v) is 7.88. The van der Waals surface area contributed by atoms with Crippen molar-refractivity contribution in [1.82, 2.24) is 0 Å². The molecule has 1 aromatic carbocycles. The topological polar surface area (TPSA) is 72.6 Å². The number of methoxy groups -OCH3 is 1. The van der Waals surface area contributed by atoms with Crippen molar-refractivity contribution >= 4 is 5.91 Å². The van der Waals surface area contributed by atoms with Crippen molar-refractivity contribution in [3.05, 3.63) is 35.9 Å². The zero-order chi connectivity index (χ0) is 16.4. The Kier molecular flexibility index (Phi) is 8.11. The van der Waals surface area contributed by atoms with Crippen molar-refractivity contribution in [2.24, 2.45) is 11.7 Å². The Labute approximate surface area is 133 Å². The summed E-state index contributed by atoms with van der Waals surface area (Å²) in [6.45, 7) is 2.12. The maximum atomic E-state index is 11.6. The zero-order valence-corrected chi connectivity index (χ0v) is 13.5. The molecule has 0 aliphatic carbocycles. The van der Waals surface area contributed by atoms with Crippen LogP contribution in [-0.4, -0.2) is 18.1 Å². The minimum absolute atomic E-state index is 0.101. The first-order valence-electron chi connectivity index (χ1n) is 7.88. The van der Waals surface area contributed by atoms with Crippen LogP contribution >= 0.6 is 0 Å². The van der Waals surface area contributed by atoms with Crippen LogP contribution in [0.15, 0.2) is 30.4 Å². The summed E-state index contributed by atoms with van der Waals surface area (Å²) in [5.74, 6) is 0.0792. The molecule has 1 atom stereocenters. The fourth-order valence-electron chi connectivity index (χ4n) is 2.42. The van der Waals surface area contributed by atoms with Crippen molar-refractivity contribution in [2.75, 3.05) is 7.11 Å². The van der Waals surface area contributed by atoms with Gasteiger partial charge in [-0.2, -0.15) is 0 Å². The summed E-state index contributed by atoms with van der Waals surface area (Å²) in [6.07, 6.45) is 9.88. The normalized spacial score (nSPS) is 12.5. The van der Waals surface area contributed by atoms with Gasteiger partial charge in [-0.15, -0.1) is 0 Å². The van der Waals surface area contributed by atoms with Crippen molar-refractivity contribution in [2.45, 2.75) is 45.4 Å². The molecule has 122 valence electrons. The Bertz CT molecular complexity index is 497. The van der Waals surface area contributed by atoms with Crippen molar-refractivity contribution in [3.8, 4) is 11.5 Å². The van der Waals surface area contributed by atoms with Gasteiger partial charge >= 0.3 is 0 Å². The van der Waals surface area contributed by atoms with Crippen LogP contribution in [0.25, 0.3) is 0 Å². The van der Waals surface area contributed by atoms with E-state index in [1.165, 1.54) is 7.11 Å². The summed E-state index contributed by atoms with van der Waals surface area (Å²) >= 11 is 0. The van der Waals surface area contributed by atoms with Gasteiger partial charge in [0.15, 0.2) is 11.5 Å². The first kappa shape index (κ1) is 18.1. The summed E-state index contributed by atoms with van der Waals surface area (Å²) in [4.78, 5) is 11.6. The van der Waals surface area contributed by atoms with E-state index in [0.717, 1.165) is 37.7 Å². The third-order valence-corrected chi connectivity index (χ3v) is 3.70. The molecule has 0 aliphatic rings. The van der Waals surface area contributed by atoms with Crippen molar-refractivity contribution < 1.29 is 14.6 Å². The number of amides is 1. The number of phenolic OH excluding ortho intramolecular Hbond substituents is 1. The predicted molar refractivity (Wildman–Crippen MR) is 88.9 cm³/mol. The number of nitrogens with two attached hydrogens (primary N) is 1. The summed E-state index contributed by atoms with van der Waals surface area (Å²) in [6, 6.07) is 5.15. The highest BCUT2D eigenvalue weighted by molar-refractivity contribution is 5.77. The quantitative estimate of drug-likeness (QED) is 0.512. The fourth-order valence-corrected chi connectivity index (χ4v) is 2.42. The van der Waals surface area contributed by atoms with Crippen LogP contribution < -0.4 is 10.5 Å². The number of aromatic hydroxyl groups is 1. The number of hydrogen-bond acceptors (Lipinski definition) is 3. The number of benzene rings is 1. The van der Waals surface area contributed by atoms with E-state index in [1.807, 2.05) is 0 Å². The lowest BCUT2D eigenvalue weighted by atomic mass is 9.93. The van der Waals surface area contributed by atoms with E-state index >= 15 is 0 Å². The third kappa shape index (κ3) is 6.20. The molecule has 0 radical (unpaired) electrons. The van der Waals surface area contributed by atoms with Crippen LogP contribution in [0.4, 0.5) is 0 Å². The number of primary amides is 1. The Hall–Kier alpha value is -1.97. The SMILES string of the molecule is CCC=CCCCCC(Cc1ccc(O)c(OC)c1)C(N)=O. The van der Waals surface area contributed by atoms with Gasteiger partial charge < -0.3 is 15.6 Å². The van der Waals surface area contributed by atoms with Gasteiger partial charge in [0.05, 0.1) is 7.11 Å². The molecule has 0 heterocycles. The number of carbonyl (C=O) groups is 1. The first-order chi connectivity index (χ1) is 10.6. The molecule has 0 spiro atoms. The Morgan fingerprint density at radius 2 is 2.14 bits per heavy atom. The van der Waals surface area contributed by atoms with Crippen LogP contribution in [-0.2, 0) is 11.2 Å². The number of carbonyl (C=O) groups excluding carboxylic acids is 1. The average Bonchev–Trinajstić information content (AvgIpc) is 2.50. The number of allylic oxidation sites excluding steroid dienone is 2. The number of hydrogen-bond donors (Lipinski definition) is 2. The highest BCUT2D eigenvalue weighted by Gasteiger charge is 2.16. The number of ether oxygens (including phenoxy) is 1. The zero-order valence-electron chi connectivity index (χ0n) is 13.5. The van der Waals surface area contributed by atoms with Gasteiger partial charge in [0.1, 0.15) is 0 Å². The molecule has 3 N–H and O–H groups in total. The average molecular weight is 305 g/mol. The lowest BCUT2D eigenvalue weighted by molar-refractivity contribution is -0.122. The molecule has 1 unspecified atom stereocenters. The summed E-state index contributed by atoms with van der Waals surface area (Å²) in [5, 5.41) is 9.60. The Morgan fingerprint density at radius 3 is 2.77 bits per heavy atom. The number of phenols is 1. The van der Waals surface area contributed by atoms with Gasteiger partial charge in [-0.25, -0.2) is 0 Å². The lowest BCUT2D eigenvalue weighted by Gasteiger charge is -2.14. The third-order valence-electron chi connectivity index (χ3n) is 3.70. The second-order valence-corrected chi connectivity index (χ2v) is 5.47. The molecule has 0 aromatic heterocycles. The van der Waals surface area contributed by atoms with Gasteiger partial charge in [-0.1, -0.05) is 31.6 Å². The molecule has 1 rings (SSSR count). The van der Waals surface area contributed by atoms with E-state index in [1.54, 1.807) is 18.2 Å².